The molecule has 2 aromatic rings. The van der Waals surface area contributed by atoms with Gasteiger partial charge in [0.15, 0.2) is 5.13 Å². The van der Waals surface area contributed by atoms with Gasteiger partial charge in [-0.05, 0) is 43.5 Å². The number of fused-ring (bicyclic) bond motifs is 1. The molecule has 9 heteroatoms. The zero-order valence-electron chi connectivity index (χ0n) is 15.2. The van der Waals surface area contributed by atoms with E-state index in [1.54, 1.807) is 25.3 Å². The second-order valence-electron chi connectivity index (χ2n) is 6.87. The quantitative estimate of drug-likeness (QED) is 0.823. The molecule has 7 nitrogen and oxygen atoms in total. The number of methoxy groups -OCH3 is 1. The highest BCUT2D eigenvalue weighted by molar-refractivity contribution is 7.89. The van der Waals surface area contributed by atoms with Gasteiger partial charge in [0, 0.05) is 23.8 Å². The van der Waals surface area contributed by atoms with E-state index in [-0.39, 0.29) is 23.3 Å². The van der Waals surface area contributed by atoms with E-state index in [9.17, 15) is 13.2 Å². The molecule has 1 N–H and O–H groups in total. The lowest BCUT2D eigenvalue weighted by atomic mass is 10.2. The summed E-state index contributed by atoms with van der Waals surface area (Å²) in [5.74, 6) is 0.786. The Morgan fingerprint density at radius 1 is 1.37 bits per heavy atom. The molecule has 1 aromatic carbocycles. The number of benzene rings is 1. The van der Waals surface area contributed by atoms with Crippen LogP contribution < -0.4 is 10.1 Å². The minimum Gasteiger partial charge on any atom is -0.496 e. The maximum atomic E-state index is 13.0. The molecule has 2 heterocycles. The van der Waals surface area contributed by atoms with Crippen molar-refractivity contribution < 1.29 is 17.9 Å². The Morgan fingerprint density at radius 2 is 2.15 bits per heavy atom. The number of amides is 1. The van der Waals surface area contributed by atoms with Crippen molar-refractivity contribution in [3.63, 3.8) is 0 Å². The number of hydrogen-bond acceptors (Lipinski definition) is 6. The number of ether oxygens (including phenoxy) is 1. The highest BCUT2D eigenvalue weighted by atomic mass is 32.2. The first-order valence-electron chi connectivity index (χ1n) is 8.82. The number of nitrogens with zero attached hydrogens (tertiary/aromatic N) is 2. The average molecular weight is 408 g/mol. The number of rotatable bonds is 5. The van der Waals surface area contributed by atoms with Gasteiger partial charge >= 0.3 is 0 Å². The van der Waals surface area contributed by atoms with Gasteiger partial charge in [-0.1, -0.05) is 0 Å². The fourth-order valence-corrected chi connectivity index (χ4v) is 5.75. The zero-order valence-corrected chi connectivity index (χ0v) is 16.8. The summed E-state index contributed by atoms with van der Waals surface area (Å²) in [7, 11) is -2.04. The first-order chi connectivity index (χ1) is 12.9. The van der Waals surface area contributed by atoms with E-state index in [1.807, 2.05) is 6.92 Å². The van der Waals surface area contributed by atoms with Crippen molar-refractivity contribution in [2.24, 2.45) is 5.92 Å². The van der Waals surface area contributed by atoms with Crippen LogP contribution in [0.25, 0.3) is 0 Å². The van der Waals surface area contributed by atoms with E-state index in [4.69, 9.17) is 4.74 Å². The summed E-state index contributed by atoms with van der Waals surface area (Å²) in [6.45, 7) is 2.48. The monoisotopic (exact) mass is 407 g/mol. The van der Waals surface area contributed by atoms with Crippen molar-refractivity contribution in [2.45, 2.75) is 37.6 Å². The molecule has 0 radical (unpaired) electrons. The van der Waals surface area contributed by atoms with Crippen LogP contribution in [-0.2, 0) is 27.8 Å². The number of anilines is 1. The summed E-state index contributed by atoms with van der Waals surface area (Å²) in [4.78, 5) is 17.5. The lowest BCUT2D eigenvalue weighted by Gasteiger charge is -2.25. The molecule has 0 atom stereocenters. The van der Waals surface area contributed by atoms with Gasteiger partial charge in [0.1, 0.15) is 5.75 Å². The maximum absolute atomic E-state index is 13.0. The van der Waals surface area contributed by atoms with E-state index in [2.05, 4.69) is 10.3 Å². The third kappa shape index (κ3) is 3.59. The minimum atomic E-state index is -3.60. The SMILES string of the molecule is COc1ccc(S(=O)(=O)N2CCc3nc(NC(=O)C4CC4)sc3C2)cc1C. The highest BCUT2D eigenvalue weighted by Gasteiger charge is 2.33. The number of hydrogen-bond donors (Lipinski definition) is 1. The van der Waals surface area contributed by atoms with Gasteiger partial charge in [0.25, 0.3) is 0 Å². The second kappa shape index (κ2) is 6.88. The molecule has 1 aromatic heterocycles. The van der Waals surface area contributed by atoms with Crippen LogP contribution in [0.4, 0.5) is 5.13 Å². The molecule has 0 saturated heterocycles. The van der Waals surface area contributed by atoms with E-state index in [1.165, 1.54) is 15.6 Å². The minimum absolute atomic E-state index is 0.0132. The normalized spacial score (nSPS) is 17.4. The summed E-state index contributed by atoms with van der Waals surface area (Å²) in [5, 5.41) is 3.42. The lowest BCUT2D eigenvalue weighted by Crippen LogP contribution is -2.35. The van der Waals surface area contributed by atoms with Gasteiger partial charge in [0.05, 0.1) is 24.2 Å². The van der Waals surface area contributed by atoms with Crippen LogP contribution >= 0.6 is 11.3 Å². The van der Waals surface area contributed by atoms with Crippen LogP contribution in [0.3, 0.4) is 0 Å². The summed E-state index contributed by atoms with van der Waals surface area (Å²) in [6, 6.07) is 4.89. The van der Waals surface area contributed by atoms with Crippen molar-refractivity contribution in [1.82, 2.24) is 9.29 Å². The number of carbonyl (C=O) groups is 1. The molecular formula is C18H21N3O4S2. The Labute approximate surface area is 162 Å². The van der Waals surface area contributed by atoms with Crippen LogP contribution in [0.15, 0.2) is 23.1 Å². The molecule has 1 amide bonds. The number of carbonyl (C=O) groups excluding carboxylic acids is 1. The molecule has 0 bridgehead atoms. The predicted octanol–water partition coefficient (Wildman–Crippen LogP) is 2.56. The first kappa shape index (κ1) is 18.4. The van der Waals surface area contributed by atoms with Gasteiger partial charge in [0.2, 0.25) is 15.9 Å². The Morgan fingerprint density at radius 3 is 2.81 bits per heavy atom. The third-order valence-electron chi connectivity index (χ3n) is 4.88. The molecule has 1 fully saturated rings. The largest absolute Gasteiger partial charge is 0.496 e. The maximum Gasteiger partial charge on any atom is 0.243 e. The fourth-order valence-electron chi connectivity index (χ4n) is 3.14. The van der Waals surface area contributed by atoms with Crippen molar-refractivity contribution in [1.29, 1.82) is 0 Å². The van der Waals surface area contributed by atoms with Crippen LogP contribution in [0, 0.1) is 12.8 Å². The predicted molar refractivity (Wildman–Crippen MR) is 102 cm³/mol. The summed E-state index contributed by atoms with van der Waals surface area (Å²) in [6.07, 6.45) is 2.41. The number of nitrogens with one attached hydrogen (secondary N) is 1. The molecular weight excluding hydrogens is 386 g/mol. The summed E-state index contributed by atoms with van der Waals surface area (Å²) in [5.41, 5.74) is 1.66. The standard InChI is InChI=1S/C18H21N3O4S2/c1-11-9-13(5-6-15(11)25-2)27(23,24)21-8-7-14-16(10-21)26-18(19-14)20-17(22)12-3-4-12/h5-6,9,12H,3-4,7-8,10H2,1-2H3,(H,19,20,22). The fraction of sp³-hybridized carbons (Fsp3) is 0.444. The number of aryl methyl sites for hydroxylation is 1. The number of sulfonamides is 1. The van der Waals surface area contributed by atoms with Crippen molar-refractivity contribution >= 4 is 32.4 Å². The highest BCUT2D eigenvalue weighted by Crippen LogP contribution is 2.34. The molecule has 0 spiro atoms. The molecule has 1 aliphatic carbocycles. The molecule has 1 aliphatic heterocycles. The van der Waals surface area contributed by atoms with Gasteiger partial charge < -0.3 is 10.1 Å². The van der Waals surface area contributed by atoms with E-state index in [0.29, 0.717) is 23.8 Å². The molecule has 4 rings (SSSR count). The Kier molecular flexibility index (Phi) is 4.69. The van der Waals surface area contributed by atoms with Crippen LogP contribution in [0.1, 0.15) is 29.0 Å². The number of thiazole rings is 1. The van der Waals surface area contributed by atoms with E-state index >= 15 is 0 Å². The molecule has 1 saturated carbocycles. The smallest absolute Gasteiger partial charge is 0.243 e. The van der Waals surface area contributed by atoms with Gasteiger partial charge in [-0.15, -0.1) is 11.3 Å². The van der Waals surface area contributed by atoms with E-state index < -0.39 is 10.0 Å². The van der Waals surface area contributed by atoms with Gasteiger partial charge in [-0.25, -0.2) is 13.4 Å². The Balaban J connectivity index is 1.53. The lowest BCUT2D eigenvalue weighted by molar-refractivity contribution is -0.117. The van der Waals surface area contributed by atoms with Crippen LogP contribution in [-0.4, -0.2) is 37.3 Å². The molecule has 144 valence electrons. The van der Waals surface area contributed by atoms with Crippen LogP contribution in [0.2, 0.25) is 0 Å². The summed E-state index contributed by atoms with van der Waals surface area (Å²) < 4.78 is 32.7. The second-order valence-corrected chi connectivity index (χ2v) is 9.89. The molecule has 27 heavy (non-hydrogen) atoms. The summed E-state index contributed by atoms with van der Waals surface area (Å²) >= 11 is 1.36. The van der Waals surface area contributed by atoms with Gasteiger partial charge in [-0.3, -0.25) is 4.79 Å². The van der Waals surface area contributed by atoms with Crippen LogP contribution in [0.5, 0.6) is 5.75 Å². The zero-order chi connectivity index (χ0) is 19.2. The Bertz CT molecular complexity index is 996. The van der Waals surface area contributed by atoms with Crippen molar-refractivity contribution in [3.05, 3.63) is 34.3 Å². The average Bonchev–Trinajstić information content (AvgIpc) is 3.41. The van der Waals surface area contributed by atoms with E-state index in [0.717, 1.165) is 29.0 Å². The third-order valence-corrected chi connectivity index (χ3v) is 7.72. The first-order valence-corrected chi connectivity index (χ1v) is 11.1. The van der Waals surface area contributed by atoms with Crippen molar-refractivity contribution in [2.75, 3.05) is 19.0 Å². The Hall–Kier alpha value is -1.97. The molecule has 0 unspecified atom stereocenters. The van der Waals surface area contributed by atoms with Gasteiger partial charge in [-0.2, -0.15) is 4.31 Å². The number of aromatic nitrogens is 1. The molecule has 2 aliphatic rings. The van der Waals surface area contributed by atoms with Crippen molar-refractivity contribution in [3.8, 4) is 5.75 Å². The topological polar surface area (TPSA) is 88.6 Å².